The van der Waals surface area contributed by atoms with Crippen molar-refractivity contribution < 1.29 is 27.2 Å². The van der Waals surface area contributed by atoms with Crippen molar-refractivity contribution in [1.29, 1.82) is 5.41 Å². The third-order valence-electron chi connectivity index (χ3n) is 4.15. The van der Waals surface area contributed by atoms with E-state index in [0.717, 1.165) is 0 Å². The normalized spacial score (nSPS) is 16.6. The van der Waals surface area contributed by atoms with Crippen molar-refractivity contribution >= 4 is 17.6 Å². The number of rotatable bonds is 3. The van der Waals surface area contributed by atoms with E-state index in [1.165, 1.54) is 4.90 Å². The van der Waals surface area contributed by atoms with Crippen molar-refractivity contribution in [3.05, 3.63) is 46.4 Å². The summed E-state index contributed by atoms with van der Waals surface area (Å²) in [6.45, 7) is 5.77. The largest absolute Gasteiger partial charge is 0.416 e. The maximum absolute atomic E-state index is 13.7. The number of primary amides is 1. The molecule has 1 fully saturated rings. The number of carbonyl (C=O) groups is 2. The number of nitrogens with two attached hydrogens (primary N) is 1. The number of urea groups is 1. The Labute approximate surface area is 170 Å². The fourth-order valence-electron chi connectivity index (χ4n) is 2.87. The number of benzene rings is 1. The minimum Gasteiger partial charge on any atom is -0.384 e. The van der Waals surface area contributed by atoms with Gasteiger partial charge in [0, 0.05) is 29.9 Å². The van der Waals surface area contributed by atoms with Crippen molar-refractivity contribution in [2.24, 2.45) is 5.73 Å². The van der Waals surface area contributed by atoms with E-state index in [9.17, 15) is 27.2 Å². The Balaban J connectivity index is 2.42. The highest BCUT2D eigenvalue weighted by Gasteiger charge is 2.33. The summed E-state index contributed by atoms with van der Waals surface area (Å²) >= 11 is 0. The first-order valence-corrected chi connectivity index (χ1v) is 9.00. The second-order valence-corrected chi connectivity index (χ2v) is 7.85. The lowest BCUT2D eigenvalue weighted by Crippen LogP contribution is -2.54. The first-order chi connectivity index (χ1) is 13.7. The molecule has 30 heavy (non-hydrogen) atoms. The molecule has 0 spiro atoms. The van der Waals surface area contributed by atoms with Gasteiger partial charge in [0.15, 0.2) is 0 Å². The second-order valence-electron chi connectivity index (χ2n) is 7.85. The van der Waals surface area contributed by atoms with Crippen LogP contribution >= 0.6 is 0 Å². The van der Waals surface area contributed by atoms with E-state index in [2.05, 4.69) is 10.6 Å². The summed E-state index contributed by atoms with van der Waals surface area (Å²) in [6.07, 6.45) is -4.83. The molecule has 5 N–H and O–H groups in total. The molecule has 2 rings (SSSR count). The van der Waals surface area contributed by atoms with Gasteiger partial charge in [-0.3, -0.25) is 10.2 Å². The van der Waals surface area contributed by atoms with Crippen LogP contribution in [0.3, 0.4) is 0 Å². The van der Waals surface area contributed by atoms with E-state index in [4.69, 9.17) is 11.1 Å². The van der Waals surface area contributed by atoms with Crippen LogP contribution in [-0.4, -0.2) is 47.7 Å². The molecule has 11 heteroatoms. The maximum Gasteiger partial charge on any atom is 0.416 e. The molecule has 1 heterocycles. The van der Waals surface area contributed by atoms with E-state index in [1.807, 2.05) is 0 Å². The van der Waals surface area contributed by atoms with E-state index in [-0.39, 0.29) is 18.8 Å². The first kappa shape index (κ1) is 23.2. The van der Waals surface area contributed by atoms with Crippen LogP contribution in [0, 0.1) is 11.2 Å². The van der Waals surface area contributed by atoms with Crippen LogP contribution in [0.1, 0.15) is 31.9 Å². The molecule has 7 nitrogen and oxygen atoms in total. The smallest absolute Gasteiger partial charge is 0.384 e. The average molecular weight is 429 g/mol. The lowest BCUT2D eigenvalue weighted by atomic mass is 9.97. The van der Waals surface area contributed by atoms with Gasteiger partial charge in [0.1, 0.15) is 5.82 Å². The molecule has 0 aliphatic carbocycles. The molecule has 1 aliphatic rings. The molecule has 1 aromatic rings. The standard InChI is InChI=1S/C19H23F4N5O2/c1-18(2,3)27-17(30)28-5-4-26-13(9-28)14(16(25)29)15(24)10-6-11(19(21,22)23)8-12(20)7-10/h6-8,24,26H,4-5,9H2,1-3H3,(H2,25,29)(H,27,30)/b14-13+,24-15?. The molecular formula is C19H23F4N5O2. The minimum absolute atomic E-state index is 0.0978. The lowest BCUT2D eigenvalue weighted by Gasteiger charge is -2.33. The number of halogens is 4. The van der Waals surface area contributed by atoms with Crippen LogP contribution in [0.25, 0.3) is 0 Å². The Morgan fingerprint density at radius 2 is 1.83 bits per heavy atom. The van der Waals surface area contributed by atoms with E-state index in [1.54, 1.807) is 20.8 Å². The van der Waals surface area contributed by atoms with Crippen LogP contribution in [0.4, 0.5) is 22.4 Å². The zero-order valence-corrected chi connectivity index (χ0v) is 16.7. The molecule has 0 saturated carbocycles. The number of carbonyl (C=O) groups excluding carboxylic acids is 2. The number of piperazine rings is 1. The van der Waals surface area contributed by atoms with E-state index < -0.39 is 51.9 Å². The van der Waals surface area contributed by atoms with Gasteiger partial charge in [-0.1, -0.05) is 0 Å². The van der Waals surface area contributed by atoms with Gasteiger partial charge in [0.25, 0.3) is 5.91 Å². The number of alkyl halides is 3. The van der Waals surface area contributed by atoms with Gasteiger partial charge in [-0.25, -0.2) is 9.18 Å². The predicted octanol–water partition coefficient (Wildman–Crippen LogP) is 2.37. The molecule has 0 radical (unpaired) electrons. The van der Waals surface area contributed by atoms with Gasteiger partial charge in [-0.05, 0) is 39.0 Å². The molecule has 1 saturated heterocycles. The van der Waals surface area contributed by atoms with Crippen LogP contribution in [0.5, 0.6) is 0 Å². The number of hydrogen-bond donors (Lipinski definition) is 4. The second kappa shape index (κ2) is 8.33. The van der Waals surface area contributed by atoms with E-state index in [0.29, 0.717) is 24.7 Å². The minimum atomic E-state index is -4.83. The Hall–Kier alpha value is -3.11. The number of amides is 3. The van der Waals surface area contributed by atoms with Gasteiger partial charge in [-0.15, -0.1) is 0 Å². The van der Waals surface area contributed by atoms with Crippen molar-refractivity contribution in [2.75, 3.05) is 19.6 Å². The molecule has 3 amide bonds. The van der Waals surface area contributed by atoms with Crippen LogP contribution < -0.4 is 16.4 Å². The Kier molecular flexibility index (Phi) is 6.43. The summed E-state index contributed by atoms with van der Waals surface area (Å²) in [4.78, 5) is 25.8. The third-order valence-corrected chi connectivity index (χ3v) is 4.15. The van der Waals surface area contributed by atoms with Crippen molar-refractivity contribution in [3.8, 4) is 0 Å². The van der Waals surface area contributed by atoms with Gasteiger partial charge in [0.2, 0.25) is 0 Å². The van der Waals surface area contributed by atoms with Crippen LogP contribution in [0.2, 0.25) is 0 Å². The fraction of sp³-hybridized carbons (Fsp3) is 0.421. The SMILES string of the molecule is CC(C)(C)NC(=O)N1CCN/C(=C(\C(=N)c2cc(F)cc(C(F)(F)F)c2)C(N)=O)C1. The summed E-state index contributed by atoms with van der Waals surface area (Å²) in [5.74, 6) is -2.29. The summed E-state index contributed by atoms with van der Waals surface area (Å²) < 4.78 is 52.7. The number of nitrogens with one attached hydrogen (secondary N) is 3. The number of hydrogen-bond acceptors (Lipinski definition) is 4. The fourth-order valence-corrected chi connectivity index (χ4v) is 2.87. The molecule has 1 aliphatic heterocycles. The topological polar surface area (TPSA) is 111 Å². The predicted molar refractivity (Wildman–Crippen MR) is 102 cm³/mol. The molecule has 0 aromatic heterocycles. The summed E-state index contributed by atoms with van der Waals surface area (Å²) in [5, 5.41) is 13.8. The zero-order valence-electron chi connectivity index (χ0n) is 16.7. The lowest BCUT2D eigenvalue weighted by molar-refractivity contribution is -0.137. The molecular weight excluding hydrogens is 406 g/mol. The van der Waals surface area contributed by atoms with Gasteiger partial charge in [-0.2, -0.15) is 13.2 Å². The monoisotopic (exact) mass is 429 g/mol. The van der Waals surface area contributed by atoms with Crippen LogP contribution in [0.15, 0.2) is 29.5 Å². The maximum atomic E-state index is 13.7. The van der Waals surface area contributed by atoms with Gasteiger partial charge in [0.05, 0.1) is 23.4 Å². The first-order valence-electron chi connectivity index (χ1n) is 9.00. The molecule has 0 unspecified atom stereocenters. The highest BCUT2D eigenvalue weighted by atomic mass is 19.4. The Morgan fingerprint density at radius 1 is 1.20 bits per heavy atom. The highest BCUT2D eigenvalue weighted by molar-refractivity contribution is 6.27. The Morgan fingerprint density at radius 3 is 2.37 bits per heavy atom. The average Bonchev–Trinajstić information content (AvgIpc) is 2.59. The van der Waals surface area contributed by atoms with Gasteiger partial charge >= 0.3 is 12.2 Å². The number of nitrogens with zero attached hydrogens (tertiary/aromatic N) is 1. The van der Waals surface area contributed by atoms with E-state index >= 15 is 0 Å². The van der Waals surface area contributed by atoms with Crippen molar-refractivity contribution in [1.82, 2.24) is 15.5 Å². The molecule has 164 valence electrons. The van der Waals surface area contributed by atoms with Crippen molar-refractivity contribution in [3.63, 3.8) is 0 Å². The third kappa shape index (κ3) is 5.71. The van der Waals surface area contributed by atoms with Crippen molar-refractivity contribution in [2.45, 2.75) is 32.5 Å². The summed E-state index contributed by atoms with van der Waals surface area (Å²) in [6, 6.07) is 1.17. The summed E-state index contributed by atoms with van der Waals surface area (Å²) in [5.41, 5.74) is 2.13. The highest BCUT2D eigenvalue weighted by Crippen LogP contribution is 2.31. The molecule has 0 bridgehead atoms. The van der Waals surface area contributed by atoms with Crippen LogP contribution in [-0.2, 0) is 11.0 Å². The summed E-state index contributed by atoms with van der Waals surface area (Å²) in [7, 11) is 0. The molecule has 0 atom stereocenters. The van der Waals surface area contributed by atoms with Gasteiger partial charge < -0.3 is 21.3 Å². The molecule has 1 aromatic carbocycles. The zero-order chi connectivity index (χ0) is 22.9. The Bertz CT molecular complexity index is 903. The quantitative estimate of drug-likeness (QED) is 0.336.